The van der Waals surface area contributed by atoms with Crippen LogP contribution < -0.4 is 5.32 Å². The molecule has 1 aromatic rings. The van der Waals surface area contributed by atoms with Gasteiger partial charge >= 0.3 is 0 Å². The molecule has 1 saturated heterocycles. The Kier molecular flexibility index (Phi) is 2.06. The highest BCUT2D eigenvalue weighted by Crippen LogP contribution is 2.47. The molecule has 2 heteroatoms. The monoisotopic (exact) mass is 205 g/mol. The molecular formula is C12H15NS. The minimum atomic E-state index is 0.611. The number of thioether (sulfide) groups is 1. The molecule has 1 aliphatic heterocycles. The lowest BCUT2D eigenvalue weighted by molar-refractivity contribution is 0.520. The van der Waals surface area contributed by atoms with Crippen LogP contribution in [0.1, 0.15) is 30.0 Å². The Balaban J connectivity index is 2.06. The lowest BCUT2D eigenvalue weighted by atomic mass is 10.0. The minimum Gasteiger partial charge on any atom is -0.308 e. The van der Waals surface area contributed by atoms with Crippen molar-refractivity contribution in [1.29, 1.82) is 0 Å². The van der Waals surface area contributed by atoms with Crippen LogP contribution in [0.5, 0.6) is 0 Å². The fourth-order valence-electron chi connectivity index (χ4n) is 2.73. The van der Waals surface area contributed by atoms with E-state index in [1.165, 1.54) is 11.3 Å². The molecule has 3 rings (SSSR count). The molecule has 74 valence electrons. The van der Waals surface area contributed by atoms with E-state index in [1.807, 2.05) is 0 Å². The molecule has 0 spiro atoms. The Bertz CT molecular complexity index is 350. The second-order valence-corrected chi connectivity index (χ2v) is 5.47. The van der Waals surface area contributed by atoms with Crippen LogP contribution in [0.3, 0.4) is 0 Å². The average Bonchev–Trinajstić information content (AvgIpc) is 2.55. The summed E-state index contributed by atoms with van der Waals surface area (Å²) in [4.78, 5) is 0. The highest BCUT2D eigenvalue weighted by Gasteiger charge is 2.39. The van der Waals surface area contributed by atoms with Gasteiger partial charge in [0.1, 0.15) is 0 Å². The number of nitrogens with one attached hydrogen (secondary N) is 1. The minimum absolute atomic E-state index is 0.611. The van der Waals surface area contributed by atoms with Crippen LogP contribution in [0.25, 0.3) is 0 Å². The molecule has 1 fully saturated rings. The van der Waals surface area contributed by atoms with Crippen molar-refractivity contribution in [3.63, 3.8) is 0 Å². The fraction of sp³-hybridized carbons (Fsp3) is 0.500. The molecule has 3 atom stereocenters. The second-order valence-electron chi connectivity index (χ2n) is 4.18. The van der Waals surface area contributed by atoms with Crippen molar-refractivity contribution < 1.29 is 0 Å². The van der Waals surface area contributed by atoms with Crippen LogP contribution in [-0.4, -0.2) is 17.5 Å². The first-order valence-corrected chi connectivity index (χ1v) is 6.36. The topological polar surface area (TPSA) is 12.0 Å². The molecule has 1 N–H and O–H groups in total. The van der Waals surface area contributed by atoms with E-state index in [0.29, 0.717) is 12.0 Å². The van der Waals surface area contributed by atoms with Crippen molar-refractivity contribution >= 4 is 11.8 Å². The number of fused-ring (bicyclic) bond motifs is 3. The van der Waals surface area contributed by atoms with Crippen LogP contribution in [0.4, 0.5) is 0 Å². The molecule has 0 radical (unpaired) electrons. The predicted octanol–water partition coefficient (Wildman–Crippen LogP) is 2.55. The number of benzene rings is 1. The van der Waals surface area contributed by atoms with E-state index in [4.69, 9.17) is 0 Å². The maximum absolute atomic E-state index is 3.65. The van der Waals surface area contributed by atoms with Crippen molar-refractivity contribution in [3.8, 4) is 0 Å². The molecule has 14 heavy (non-hydrogen) atoms. The van der Waals surface area contributed by atoms with Crippen molar-refractivity contribution in [1.82, 2.24) is 5.32 Å². The van der Waals surface area contributed by atoms with Gasteiger partial charge in [0, 0.05) is 23.6 Å². The summed E-state index contributed by atoms with van der Waals surface area (Å²) in [6.07, 6.45) is 0. The van der Waals surface area contributed by atoms with Gasteiger partial charge in [-0.15, -0.1) is 0 Å². The Morgan fingerprint density at radius 1 is 1.29 bits per heavy atom. The molecule has 0 amide bonds. The van der Waals surface area contributed by atoms with Crippen LogP contribution in [0.2, 0.25) is 0 Å². The van der Waals surface area contributed by atoms with E-state index < -0.39 is 0 Å². The standard InChI is InChI=1S/C12H15NS/c1-8-9-4-2-3-5-10(9)11-12(8)14-7-6-13-11/h2-5,8,11-13H,6-7H2,1H3. The molecule has 1 heterocycles. The van der Waals surface area contributed by atoms with Crippen molar-refractivity contribution in [3.05, 3.63) is 35.4 Å². The third-order valence-corrected chi connectivity index (χ3v) is 4.92. The zero-order chi connectivity index (χ0) is 9.54. The van der Waals surface area contributed by atoms with Crippen LogP contribution in [-0.2, 0) is 0 Å². The summed E-state index contributed by atoms with van der Waals surface area (Å²) in [6, 6.07) is 9.52. The third kappa shape index (κ3) is 1.14. The Morgan fingerprint density at radius 2 is 2.07 bits per heavy atom. The summed E-state index contributed by atoms with van der Waals surface area (Å²) in [6.45, 7) is 3.52. The van der Waals surface area contributed by atoms with Gasteiger partial charge in [-0.25, -0.2) is 0 Å². The predicted molar refractivity (Wildman–Crippen MR) is 61.8 cm³/mol. The van der Waals surface area contributed by atoms with E-state index in [0.717, 1.165) is 11.8 Å². The lowest BCUT2D eigenvalue weighted by Crippen LogP contribution is -2.35. The molecule has 1 nitrogen and oxygen atoms in total. The first-order chi connectivity index (χ1) is 6.88. The quantitative estimate of drug-likeness (QED) is 0.698. The SMILES string of the molecule is CC1c2ccccc2C2NCCSC12. The van der Waals surface area contributed by atoms with Crippen LogP contribution >= 0.6 is 11.8 Å². The normalized spacial score (nSPS) is 35.1. The summed E-state index contributed by atoms with van der Waals surface area (Å²) >= 11 is 2.14. The molecule has 2 aliphatic rings. The highest BCUT2D eigenvalue weighted by molar-refractivity contribution is 8.00. The first-order valence-electron chi connectivity index (χ1n) is 5.32. The summed E-state index contributed by atoms with van der Waals surface area (Å²) in [5, 5.41) is 4.41. The Morgan fingerprint density at radius 3 is 2.93 bits per heavy atom. The molecule has 0 bridgehead atoms. The number of hydrogen-bond donors (Lipinski definition) is 1. The fourth-order valence-corrected chi connectivity index (χ4v) is 4.11. The van der Waals surface area contributed by atoms with Gasteiger partial charge < -0.3 is 5.32 Å². The van der Waals surface area contributed by atoms with Gasteiger partial charge in [0.05, 0.1) is 0 Å². The van der Waals surface area contributed by atoms with Gasteiger partial charge in [0.15, 0.2) is 0 Å². The molecule has 1 aliphatic carbocycles. The van der Waals surface area contributed by atoms with Crippen molar-refractivity contribution in [2.24, 2.45) is 0 Å². The smallest absolute Gasteiger partial charge is 0.0449 e. The van der Waals surface area contributed by atoms with Gasteiger partial charge in [0.2, 0.25) is 0 Å². The molecule has 0 aromatic heterocycles. The number of rotatable bonds is 0. The maximum Gasteiger partial charge on any atom is 0.0449 e. The van der Waals surface area contributed by atoms with E-state index in [2.05, 4.69) is 48.3 Å². The van der Waals surface area contributed by atoms with E-state index in [9.17, 15) is 0 Å². The largest absolute Gasteiger partial charge is 0.308 e. The van der Waals surface area contributed by atoms with Gasteiger partial charge in [0.25, 0.3) is 0 Å². The van der Waals surface area contributed by atoms with Crippen molar-refractivity contribution in [2.45, 2.75) is 24.1 Å². The Labute approximate surface area is 89.3 Å². The lowest BCUT2D eigenvalue weighted by Gasteiger charge is -2.29. The van der Waals surface area contributed by atoms with E-state index >= 15 is 0 Å². The van der Waals surface area contributed by atoms with Crippen LogP contribution in [0.15, 0.2) is 24.3 Å². The molecule has 3 unspecified atom stereocenters. The second kappa shape index (κ2) is 3.28. The molecule has 1 aromatic carbocycles. The van der Waals surface area contributed by atoms with Gasteiger partial charge in [-0.2, -0.15) is 11.8 Å². The van der Waals surface area contributed by atoms with Crippen LogP contribution in [0, 0.1) is 0 Å². The summed E-state index contributed by atoms with van der Waals surface area (Å²) < 4.78 is 0. The third-order valence-electron chi connectivity index (χ3n) is 3.42. The highest BCUT2D eigenvalue weighted by atomic mass is 32.2. The Hall–Kier alpha value is -0.470. The zero-order valence-corrected chi connectivity index (χ0v) is 9.18. The van der Waals surface area contributed by atoms with Gasteiger partial charge in [-0.1, -0.05) is 31.2 Å². The van der Waals surface area contributed by atoms with Crippen molar-refractivity contribution in [2.75, 3.05) is 12.3 Å². The molecule has 0 saturated carbocycles. The zero-order valence-electron chi connectivity index (χ0n) is 8.36. The van der Waals surface area contributed by atoms with Gasteiger partial charge in [-0.05, 0) is 17.0 Å². The summed E-state index contributed by atoms with van der Waals surface area (Å²) in [5.41, 5.74) is 3.10. The van der Waals surface area contributed by atoms with E-state index in [1.54, 1.807) is 5.56 Å². The summed E-state index contributed by atoms with van der Waals surface area (Å²) in [7, 11) is 0. The van der Waals surface area contributed by atoms with E-state index in [-0.39, 0.29) is 0 Å². The molecular weight excluding hydrogens is 190 g/mol. The summed E-state index contributed by atoms with van der Waals surface area (Å²) in [5.74, 6) is 1.98. The average molecular weight is 205 g/mol. The number of hydrogen-bond acceptors (Lipinski definition) is 2. The first kappa shape index (κ1) is 8.81. The van der Waals surface area contributed by atoms with Gasteiger partial charge in [-0.3, -0.25) is 0 Å². The maximum atomic E-state index is 3.65.